The first-order valence-electron chi connectivity index (χ1n) is 6.27. The van der Waals surface area contributed by atoms with E-state index in [1.807, 2.05) is 0 Å². The molecule has 21 heavy (non-hydrogen) atoms. The number of aromatic amines is 1. The Hall–Kier alpha value is -2.97. The van der Waals surface area contributed by atoms with Gasteiger partial charge >= 0.3 is 0 Å². The molecule has 1 atom stereocenters. The third-order valence-corrected chi connectivity index (χ3v) is 3.31. The minimum absolute atomic E-state index is 0.0600. The molecule has 1 aromatic heterocycles. The molecule has 1 unspecified atom stereocenters. The van der Waals surface area contributed by atoms with Crippen LogP contribution >= 0.6 is 0 Å². The predicted molar refractivity (Wildman–Crippen MR) is 72.5 cm³/mol. The van der Waals surface area contributed by atoms with E-state index in [-0.39, 0.29) is 18.0 Å². The molecule has 0 bridgehead atoms. The number of benzene rings is 1. The van der Waals surface area contributed by atoms with Gasteiger partial charge in [-0.05, 0) is 12.5 Å². The summed E-state index contributed by atoms with van der Waals surface area (Å²) in [7, 11) is 0. The van der Waals surface area contributed by atoms with E-state index in [9.17, 15) is 19.7 Å². The quantitative estimate of drug-likeness (QED) is 0.433. The van der Waals surface area contributed by atoms with Crippen molar-refractivity contribution in [2.75, 3.05) is 5.32 Å². The fraction of sp³-hybridized carbons (Fsp3) is 0.250. The van der Waals surface area contributed by atoms with Crippen LogP contribution in [0.1, 0.15) is 12.8 Å². The smallest absolute Gasteiger partial charge is 0.270 e. The second-order valence-electron chi connectivity index (χ2n) is 4.71. The lowest BCUT2D eigenvalue weighted by molar-refractivity contribution is -0.384. The lowest BCUT2D eigenvalue weighted by Gasteiger charge is -2.21. The highest BCUT2D eigenvalue weighted by Gasteiger charge is 2.27. The molecule has 108 valence electrons. The van der Waals surface area contributed by atoms with Gasteiger partial charge in [0.2, 0.25) is 11.8 Å². The van der Waals surface area contributed by atoms with Crippen molar-refractivity contribution in [3.63, 3.8) is 0 Å². The highest BCUT2D eigenvalue weighted by atomic mass is 16.6. The number of nitrogens with zero attached hydrogens (tertiary/aromatic N) is 2. The summed E-state index contributed by atoms with van der Waals surface area (Å²) < 4.78 is 0. The molecule has 0 spiro atoms. The number of non-ortho nitro benzene ring substituents is 1. The maximum atomic E-state index is 11.7. The second-order valence-corrected chi connectivity index (χ2v) is 4.71. The highest BCUT2D eigenvalue weighted by molar-refractivity contribution is 6.02. The molecule has 0 saturated carbocycles. The minimum Gasteiger partial charge on any atom is -0.356 e. The van der Waals surface area contributed by atoms with E-state index in [0.717, 1.165) is 0 Å². The monoisotopic (exact) mass is 289 g/mol. The van der Waals surface area contributed by atoms with Crippen LogP contribution < -0.4 is 10.6 Å². The molecule has 9 nitrogen and oxygen atoms in total. The number of anilines is 1. The van der Waals surface area contributed by atoms with Gasteiger partial charge < -0.3 is 5.32 Å². The Kier molecular flexibility index (Phi) is 3.01. The molecular weight excluding hydrogens is 278 g/mol. The SMILES string of the molecule is O=C1CCC(Nc2n[nH]c3ccc([N+](=O)[O-])cc23)C(=O)N1. The molecule has 2 amide bonds. The Balaban J connectivity index is 1.90. The van der Waals surface area contributed by atoms with E-state index in [4.69, 9.17) is 0 Å². The number of hydrogen-bond donors (Lipinski definition) is 3. The number of rotatable bonds is 3. The number of nitro benzene ring substituents is 1. The number of nitro groups is 1. The summed E-state index contributed by atoms with van der Waals surface area (Å²) in [6.07, 6.45) is 0.597. The van der Waals surface area contributed by atoms with Gasteiger partial charge in [-0.3, -0.25) is 30.1 Å². The number of imide groups is 1. The third kappa shape index (κ3) is 2.40. The lowest BCUT2D eigenvalue weighted by atomic mass is 10.1. The van der Waals surface area contributed by atoms with Gasteiger partial charge in [-0.1, -0.05) is 0 Å². The summed E-state index contributed by atoms with van der Waals surface area (Å²) in [4.78, 5) is 33.1. The molecule has 0 aliphatic carbocycles. The summed E-state index contributed by atoms with van der Waals surface area (Å²) in [6.45, 7) is 0. The average molecular weight is 289 g/mol. The number of aromatic nitrogens is 2. The molecule has 1 aliphatic heterocycles. The number of fused-ring (bicyclic) bond motifs is 1. The van der Waals surface area contributed by atoms with Crippen LogP contribution in [-0.2, 0) is 9.59 Å². The molecule has 0 radical (unpaired) electrons. The molecule has 3 N–H and O–H groups in total. The molecule has 3 rings (SSSR count). The number of carbonyl (C=O) groups is 2. The van der Waals surface area contributed by atoms with Gasteiger partial charge in [0, 0.05) is 18.6 Å². The van der Waals surface area contributed by atoms with E-state index < -0.39 is 16.9 Å². The lowest BCUT2D eigenvalue weighted by Crippen LogP contribution is -2.47. The number of piperidine rings is 1. The predicted octanol–water partition coefficient (Wildman–Crippen LogP) is 0.688. The van der Waals surface area contributed by atoms with Gasteiger partial charge in [-0.2, -0.15) is 5.10 Å². The Labute approximate surface area is 117 Å². The minimum atomic E-state index is -0.589. The van der Waals surface area contributed by atoms with Gasteiger partial charge in [-0.25, -0.2) is 0 Å². The number of carbonyl (C=O) groups excluding carboxylic acids is 2. The number of hydrogen-bond acceptors (Lipinski definition) is 6. The first-order valence-corrected chi connectivity index (χ1v) is 6.27. The maximum absolute atomic E-state index is 11.7. The number of nitrogens with one attached hydrogen (secondary N) is 3. The highest BCUT2D eigenvalue weighted by Crippen LogP contribution is 2.26. The van der Waals surface area contributed by atoms with Crippen LogP contribution in [0.25, 0.3) is 10.9 Å². The van der Waals surface area contributed by atoms with Crippen LogP contribution in [-0.4, -0.2) is 33.0 Å². The van der Waals surface area contributed by atoms with Crippen LogP contribution in [0.15, 0.2) is 18.2 Å². The normalized spacial score (nSPS) is 18.6. The van der Waals surface area contributed by atoms with Crippen molar-refractivity contribution in [3.8, 4) is 0 Å². The van der Waals surface area contributed by atoms with E-state index in [2.05, 4.69) is 20.8 Å². The van der Waals surface area contributed by atoms with Gasteiger partial charge in [0.25, 0.3) is 5.69 Å². The first kappa shape index (κ1) is 13.0. The van der Waals surface area contributed by atoms with E-state index in [0.29, 0.717) is 23.1 Å². The fourth-order valence-corrected chi connectivity index (χ4v) is 2.22. The molecular formula is C12H11N5O4. The zero-order valence-electron chi connectivity index (χ0n) is 10.8. The van der Waals surface area contributed by atoms with Crippen LogP contribution in [0, 0.1) is 10.1 Å². The van der Waals surface area contributed by atoms with Crippen molar-refractivity contribution in [2.45, 2.75) is 18.9 Å². The second kappa shape index (κ2) is 4.85. The van der Waals surface area contributed by atoms with E-state index >= 15 is 0 Å². The maximum Gasteiger partial charge on any atom is 0.270 e. The fourth-order valence-electron chi connectivity index (χ4n) is 2.22. The number of amides is 2. The Morgan fingerprint density at radius 3 is 2.90 bits per heavy atom. The first-order chi connectivity index (χ1) is 10.0. The average Bonchev–Trinajstić information content (AvgIpc) is 2.84. The summed E-state index contributed by atoms with van der Waals surface area (Å²) in [5.41, 5.74) is 0.561. The van der Waals surface area contributed by atoms with Crippen molar-refractivity contribution >= 4 is 34.2 Å². The van der Waals surface area contributed by atoms with Crippen molar-refractivity contribution in [2.24, 2.45) is 0 Å². The summed E-state index contributed by atoms with van der Waals surface area (Å²) >= 11 is 0. The van der Waals surface area contributed by atoms with Crippen molar-refractivity contribution in [3.05, 3.63) is 28.3 Å². The topological polar surface area (TPSA) is 130 Å². The summed E-state index contributed by atoms with van der Waals surface area (Å²) in [6, 6.07) is 3.72. The van der Waals surface area contributed by atoms with Crippen molar-refractivity contribution < 1.29 is 14.5 Å². The Bertz CT molecular complexity index is 753. The molecule has 9 heteroatoms. The van der Waals surface area contributed by atoms with Crippen LogP contribution in [0.2, 0.25) is 0 Å². The van der Waals surface area contributed by atoms with Gasteiger partial charge in [-0.15, -0.1) is 0 Å². The van der Waals surface area contributed by atoms with Gasteiger partial charge in [0.15, 0.2) is 5.82 Å². The zero-order chi connectivity index (χ0) is 15.0. The van der Waals surface area contributed by atoms with Crippen LogP contribution in [0.5, 0.6) is 0 Å². The summed E-state index contributed by atoms with van der Waals surface area (Å²) in [5, 5.41) is 23.2. The Morgan fingerprint density at radius 2 is 2.19 bits per heavy atom. The molecule has 1 aliphatic rings. The molecule has 2 aromatic rings. The zero-order valence-corrected chi connectivity index (χ0v) is 10.8. The molecule has 2 heterocycles. The third-order valence-electron chi connectivity index (χ3n) is 3.31. The van der Waals surface area contributed by atoms with E-state index in [1.54, 1.807) is 6.07 Å². The van der Waals surface area contributed by atoms with Crippen LogP contribution in [0.3, 0.4) is 0 Å². The van der Waals surface area contributed by atoms with Gasteiger partial charge in [0.05, 0.1) is 15.8 Å². The standard InChI is InChI=1S/C12H11N5O4/c18-10-4-3-9(12(19)14-10)13-11-7-5-6(17(20)21)1-2-8(7)15-16-11/h1-2,5,9H,3-4H2,(H2,13,15,16)(H,14,18,19). The largest absolute Gasteiger partial charge is 0.356 e. The van der Waals surface area contributed by atoms with Crippen LogP contribution in [0.4, 0.5) is 11.5 Å². The Morgan fingerprint density at radius 1 is 1.38 bits per heavy atom. The van der Waals surface area contributed by atoms with Gasteiger partial charge in [0.1, 0.15) is 6.04 Å². The molecule has 1 fully saturated rings. The molecule has 1 aromatic carbocycles. The van der Waals surface area contributed by atoms with Crippen molar-refractivity contribution in [1.82, 2.24) is 15.5 Å². The van der Waals surface area contributed by atoms with Crippen molar-refractivity contribution in [1.29, 1.82) is 0 Å². The number of H-pyrrole nitrogens is 1. The summed E-state index contributed by atoms with van der Waals surface area (Å²) in [5.74, 6) is -0.378. The molecule has 1 saturated heterocycles. The van der Waals surface area contributed by atoms with E-state index in [1.165, 1.54) is 12.1 Å².